The van der Waals surface area contributed by atoms with E-state index in [9.17, 15) is 0 Å². The highest BCUT2D eigenvalue weighted by molar-refractivity contribution is 8.14. The van der Waals surface area contributed by atoms with Gasteiger partial charge in [-0.2, -0.15) is 0 Å². The molecular weight excluding hydrogens is 166 g/mol. The lowest BCUT2D eigenvalue weighted by molar-refractivity contribution is 0.890. The predicted octanol–water partition coefficient (Wildman–Crippen LogP) is 2.40. The Bertz CT molecular complexity index is 145. The SMILES string of the molecule is CC(C)C1=NCC(CCl)S1. The molecule has 1 aliphatic rings. The van der Waals surface area contributed by atoms with E-state index in [1.165, 1.54) is 5.04 Å². The quantitative estimate of drug-likeness (QED) is 0.591. The van der Waals surface area contributed by atoms with Crippen LogP contribution in [0.5, 0.6) is 0 Å². The minimum atomic E-state index is 0.541. The first kappa shape index (κ1) is 8.41. The van der Waals surface area contributed by atoms with E-state index in [1.807, 2.05) is 11.8 Å². The standard InChI is InChI=1S/C7H12ClNS/c1-5(2)7-9-4-6(3-8)10-7/h5-6H,3-4H2,1-2H3. The number of alkyl halides is 1. The first-order valence-corrected chi connectivity index (χ1v) is 4.92. The molecule has 0 aromatic rings. The van der Waals surface area contributed by atoms with Gasteiger partial charge in [0.1, 0.15) is 0 Å². The average molecular weight is 178 g/mol. The molecule has 0 N–H and O–H groups in total. The summed E-state index contributed by atoms with van der Waals surface area (Å²) < 4.78 is 0. The highest BCUT2D eigenvalue weighted by Crippen LogP contribution is 2.25. The van der Waals surface area contributed by atoms with Gasteiger partial charge in [0.15, 0.2) is 0 Å². The molecule has 0 aromatic carbocycles. The van der Waals surface area contributed by atoms with Crippen LogP contribution >= 0.6 is 23.4 Å². The maximum atomic E-state index is 5.68. The van der Waals surface area contributed by atoms with Crippen LogP contribution < -0.4 is 0 Å². The molecule has 0 aliphatic carbocycles. The summed E-state index contributed by atoms with van der Waals surface area (Å²) in [6, 6.07) is 0. The fourth-order valence-electron chi connectivity index (χ4n) is 0.836. The van der Waals surface area contributed by atoms with Crippen molar-refractivity contribution >= 4 is 28.4 Å². The molecule has 1 atom stereocenters. The molecular formula is C7H12ClNS. The van der Waals surface area contributed by atoms with Crippen molar-refractivity contribution in [1.82, 2.24) is 0 Å². The molecule has 1 rings (SSSR count). The Balaban J connectivity index is 2.39. The largest absolute Gasteiger partial charge is 0.281 e. The van der Waals surface area contributed by atoms with E-state index in [4.69, 9.17) is 11.6 Å². The van der Waals surface area contributed by atoms with Crippen LogP contribution in [0.4, 0.5) is 0 Å². The molecule has 0 aromatic heterocycles. The maximum Gasteiger partial charge on any atom is 0.0705 e. The van der Waals surface area contributed by atoms with Crippen molar-refractivity contribution in [1.29, 1.82) is 0 Å². The summed E-state index contributed by atoms with van der Waals surface area (Å²) in [6.07, 6.45) is 0. The Morgan fingerprint density at radius 2 is 2.50 bits per heavy atom. The third-order valence-corrected chi connectivity index (χ3v) is 3.45. The Kier molecular flexibility index (Phi) is 3.05. The number of thioether (sulfide) groups is 1. The number of hydrogen-bond acceptors (Lipinski definition) is 2. The molecule has 3 heteroatoms. The Labute approximate surface area is 71.2 Å². The first-order chi connectivity index (χ1) is 4.74. The van der Waals surface area contributed by atoms with Gasteiger partial charge in [-0.1, -0.05) is 13.8 Å². The fraction of sp³-hybridized carbons (Fsp3) is 0.857. The van der Waals surface area contributed by atoms with Crippen LogP contribution in [0.1, 0.15) is 13.8 Å². The molecule has 0 saturated carbocycles. The van der Waals surface area contributed by atoms with Crippen LogP contribution in [0.2, 0.25) is 0 Å². The summed E-state index contributed by atoms with van der Waals surface area (Å²) in [4.78, 5) is 4.38. The van der Waals surface area contributed by atoms with Gasteiger partial charge in [-0.25, -0.2) is 0 Å². The fourth-order valence-corrected chi connectivity index (χ4v) is 2.10. The molecule has 0 bridgehead atoms. The van der Waals surface area contributed by atoms with Gasteiger partial charge in [0, 0.05) is 17.0 Å². The van der Waals surface area contributed by atoms with Crippen LogP contribution in [0.25, 0.3) is 0 Å². The Morgan fingerprint density at radius 1 is 1.80 bits per heavy atom. The lowest BCUT2D eigenvalue weighted by Crippen LogP contribution is -2.05. The van der Waals surface area contributed by atoms with Crippen LogP contribution in [0.15, 0.2) is 4.99 Å². The molecule has 1 heterocycles. The Hall–Kier alpha value is 0.310. The van der Waals surface area contributed by atoms with Gasteiger partial charge in [0.25, 0.3) is 0 Å². The number of halogens is 1. The van der Waals surface area contributed by atoms with E-state index in [-0.39, 0.29) is 0 Å². The lowest BCUT2D eigenvalue weighted by Gasteiger charge is -2.04. The van der Waals surface area contributed by atoms with Crippen molar-refractivity contribution in [2.75, 3.05) is 12.4 Å². The smallest absolute Gasteiger partial charge is 0.0705 e. The zero-order chi connectivity index (χ0) is 7.56. The summed E-state index contributed by atoms with van der Waals surface area (Å²) in [5.41, 5.74) is 0. The second kappa shape index (κ2) is 3.63. The van der Waals surface area contributed by atoms with Gasteiger partial charge in [-0.05, 0) is 0 Å². The van der Waals surface area contributed by atoms with Crippen molar-refractivity contribution in [3.8, 4) is 0 Å². The second-order valence-electron chi connectivity index (χ2n) is 2.73. The number of hydrogen-bond donors (Lipinski definition) is 0. The molecule has 1 nitrogen and oxygen atoms in total. The van der Waals surface area contributed by atoms with Crippen molar-refractivity contribution < 1.29 is 0 Å². The van der Waals surface area contributed by atoms with Crippen LogP contribution in [-0.2, 0) is 0 Å². The molecule has 58 valence electrons. The van der Waals surface area contributed by atoms with Gasteiger partial charge >= 0.3 is 0 Å². The highest BCUT2D eigenvalue weighted by Gasteiger charge is 2.19. The van der Waals surface area contributed by atoms with Crippen molar-refractivity contribution in [2.24, 2.45) is 10.9 Å². The minimum Gasteiger partial charge on any atom is -0.281 e. The molecule has 0 amide bonds. The maximum absolute atomic E-state index is 5.68. The molecule has 1 unspecified atom stereocenters. The molecule has 0 fully saturated rings. The zero-order valence-electron chi connectivity index (χ0n) is 6.30. The monoisotopic (exact) mass is 177 g/mol. The van der Waals surface area contributed by atoms with Crippen LogP contribution in [0.3, 0.4) is 0 Å². The first-order valence-electron chi connectivity index (χ1n) is 3.51. The van der Waals surface area contributed by atoms with E-state index in [2.05, 4.69) is 18.8 Å². The zero-order valence-corrected chi connectivity index (χ0v) is 7.87. The molecule has 0 radical (unpaired) electrons. The topological polar surface area (TPSA) is 12.4 Å². The third kappa shape index (κ3) is 1.89. The lowest BCUT2D eigenvalue weighted by atomic mass is 10.2. The summed E-state index contributed by atoms with van der Waals surface area (Å²) in [5.74, 6) is 1.31. The number of nitrogens with zero attached hydrogens (tertiary/aromatic N) is 1. The second-order valence-corrected chi connectivity index (χ2v) is 4.36. The summed E-state index contributed by atoms with van der Waals surface area (Å²) >= 11 is 7.52. The number of rotatable bonds is 2. The van der Waals surface area contributed by atoms with Gasteiger partial charge < -0.3 is 0 Å². The summed E-state index contributed by atoms with van der Waals surface area (Å²) in [6.45, 7) is 5.26. The van der Waals surface area contributed by atoms with Crippen molar-refractivity contribution in [2.45, 2.75) is 19.1 Å². The van der Waals surface area contributed by atoms with E-state index < -0.39 is 0 Å². The average Bonchev–Trinajstić information content (AvgIpc) is 2.34. The summed E-state index contributed by atoms with van der Waals surface area (Å²) in [5, 5.41) is 1.81. The normalized spacial score (nSPS) is 25.6. The van der Waals surface area contributed by atoms with Gasteiger partial charge in [0.05, 0.1) is 11.6 Å². The van der Waals surface area contributed by atoms with E-state index >= 15 is 0 Å². The highest BCUT2D eigenvalue weighted by atomic mass is 35.5. The minimum absolute atomic E-state index is 0.541. The van der Waals surface area contributed by atoms with E-state index in [0.717, 1.165) is 12.4 Å². The van der Waals surface area contributed by atoms with Gasteiger partial charge in [-0.15, -0.1) is 23.4 Å². The van der Waals surface area contributed by atoms with Gasteiger partial charge in [0.2, 0.25) is 0 Å². The predicted molar refractivity (Wildman–Crippen MR) is 49.2 cm³/mol. The molecule has 1 aliphatic heterocycles. The van der Waals surface area contributed by atoms with E-state index in [1.54, 1.807) is 0 Å². The molecule has 0 spiro atoms. The van der Waals surface area contributed by atoms with Gasteiger partial charge in [-0.3, -0.25) is 4.99 Å². The summed E-state index contributed by atoms with van der Waals surface area (Å²) in [7, 11) is 0. The molecule has 10 heavy (non-hydrogen) atoms. The van der Waals surface area contributed by atoms with Crippen molar-refractivity contribution in [3.63, 3.8) is 0 Å². The van der Waals surface area contributed by atoms with Crippen LogP contribution in [0, 0.1) is 5.92 Å². The Morgan fingerprint density at radius 3 is 2.80 bits per heavy atom. The van der Waals surface area contributed by atoms with E-state index in [0.29, 0.717) is 11.2 Å². The molecule has 0 saturated heterocycles. The third-order valence-electron chi connectivity index (χ3n) is 1.40. The van der Waals surface area contributed by atoms with Crippen LogP contribution in [-0.4, -0.2) is 22.7 Å². The number of aliphatic imine (C=N–C) groups is 1. The van der Waals surface area contributed by atoms with Crippen molar-refractivity contribution in [3.05, 3.63) is 0 Å².